The lowest BCUT2D eigenvalue weighted by atomic mass is 10.1. The molecule has 0 spiro atoms. The highest BCUT2D eigenvalue weighted by Crippen LogP contribution is 2.19. The first-order chi connectivity index (χ1) is 10.6. The lowest BCUT2D eigenvalue weighted by Gasteiger charge is -2.12. The van der Waals surface area contributed by atoms with Crippen LogP contribution in [0.4, 0.5) is 0 Å². The largest absolute Gasteiger partial charge is 0.493 e. The fourth-order valence-electron chi connectivity index (χ4n) is 2.69. The summed E-state index contributed by atoms with van der Waals surface area (Å²) in [7, 11) is 0. The second kappa shape index (κ2) is 8.79. The van der Waals surface area contributed by atoms with Gasteiger partial charge >= 0.3 is 0 Å². The molecule has 122 valence electrons. The van der Waals surface area contributed by atoms with Crippen molar-refractivity contribution in [1.29, 1.82) is 0 Å². The monoisotopic (exact) mass is 304 g/mol. The summed E-state index contributed by atoms with van der Waals surface area (Å²) in [6.45, 7) is 6.63. The van der Waals surface area contributed by atoms with E-state index in [1.54, 1.807) is 0 Å². The van der Waals surface area contributed by atoms with Gasteiger partial charge in [0, 0.05) is 19.0 Å². The molecule has 1 amide bonds. The van der Waals surface area contributed by atoms with Gasteiger partial charge in [0.2, 0.25) is 5.91 Å². The van der Waals surface area contributed by atoms with Crippen LogP contribution in [0.5, 0.6) is 5.75 Å². The number of aryl methyl sites for hydroxylation is 2. The van der Waals surface area contributed by atoms with Gasteiger partial charge < -0.3 is 15.4 Å². The third-order valence-corrected chi connectivity index (χ3v) is 4.11. The standard InChI is InChI=1S/C18H28N2O2/c1-14-8-9-15(2)17(12-14)22-11-4-3-7-18(21)20-13-16-6-5-10-19-16/h8-9,12,16,19H,3-7,10-11,13H2,1-2H3,(H,20,21). The molecule has 4 heteroatoms. The van der Waals surface area contributed by atoms with Gasteiger partial charge in [0.05, 0.1) is 6.61 Å². The van der Waals surface area contributed by atoms with E-state index in [-0.39, 0.29) is 5.91 Å². The van der Waals surface area contributed by atoms with Gasteiger partial charge in [-0.2, -0.15) is 0 Å². The van der Waals surface area contributed by atoms with Gasteiger partial charge in [0.25, 0.3) is 0 Å². The molecule has 1 fully saturated rings. The number of ether oxygens (including phenoxy) is 1. The van der Waals surface area contributed by atoms with Crippen molar-refractivity contribution in [2.75, 3.05) is 19.7 Å². The first-order valence-electron chi connectivity index (χ1n) is 8.35. The van der Waals surface area contributed by atoms with Crippen LogP contribution >= 0.6 is 0 Å². The first kappa shape index (κ1) is 16.8. The van der Waals surface area contributed by atoms with E-state index in [1.807, 2.05) is 0 Å². The zero-order valence-corrected chi connectivity index (χ0v) is 13.8. The van der Waals surface area contributed by atoms with E-state index < -0.39 is 0 Å². The molecular weight excluding hydrogens is 276 g/mol. The van der Waals surface area contributed by atoms with E-state index in [1.165, 1.54) is 18.4 Å². The number of nitrogens with one attached hydrogen (secondary N) is 2. The third kappa shape index (κ3) is 5.68. The number of benzene rings is 1. The lowest BCUT2D eigenvalue weighted by Crippen LogP contribution is -2.37. The Kier molecular flexibility index (Phi) is 6.72. The fraction of sp³-hybridized carbons (Fsp3) is 0.611. The average Bonchev–Trinajstić information content (AvgIpc) is 3.01. The van der Waals surface area contributed by atoms with E-state index in [2.05, 4.69) is 42.7 Å². The second-order valence-electron chi connectivity index (χ2n) is 6.17. The highest BCUT2D eigenvalue weighted by Gasteiger charge is 2.14. The van der Waals surface area contributed by atoms with Crippen LogP contribution in [0.15, 0.2) is 18.2 Å². The van der Waals surface area contributed by atoms with Crippen molar-refractivity contribution in [3.63, 3.8) is 0 Å². The van der Waals surface area contributed by atoms with Crippen molar-refractivity contribution in [2.24, 2.45) is 0 Å². The first-order valence-corrected chi connectivity index (χ1v) is 8.35. The normalized spacial score (nSPS) is 17.5. The molecule has 4 nitrogen and oxygen atoms in total. The highest BCUT2D eigenvalue weighted by molar-refractivity contribution is 5.75. The molecule has 1 unspecified atom stereocenters. The smallest absolute Gasteiger partial charge is 0.220 e. The van der Waals surface area contributed by atoms with E-state index >= 15 is 0 Å². The molecule has 22 heavy (non-hydrogen) atoms. The predicted octanol–water partition coefficient (Wildman–Crippen LogP) is 2.72. The van der Waals surface area contributed by atoms with E-state index in [4.69, 9.17) is 4.74 Å². The Hall–Kier alpha value is -1.55. The Balaban J connectivity index is 1.54. The highest BCUT2D eigenvalue weighted by atomic mass is 16.5. The van der Waals surface area contributed by atoms with Gasteiger partial charge in [-0.15, -0.1) is 0 Å². The number of amides is 1. The Labute approximate surface area is 133 Å². The molecule has 0 aliphatic carbocycles. The summed E-state index contributed by atoms with van der Waals surface area (Å²) in [6, 6.07) is 6.70. The zero-order chi connectivity index (χ0) is 15.8. The average molecular weight is 304 g/mol. The Morgan fingerprint density at radius 1 is 1.36 bits per heavy atom. The third-order valence-electron chi connectivity index (χ3n) is 4.11. The maximum absolute atomic E-state index is 11.8. The van der Waals surface area contributed by atoms with Crippen LogP contribution in [0.3, 0.4) is 0 Å². The number of unbranched alkanes of at least 4 members (excludes halogenated alkanes) is 1. The van der Waals surface area contributed by atoms with Gasteiger partial charge in [0.15, 0.2) is 0 Å². The number of hydrogen-bond donors (Lipinski definition) is 2. The van der Waals surface area contributed by atoms with Crippen molar-refractivity contribution in [3.05, 3.63) is 29.3 Å². The molecule has 0 radical (unpaired) electrons. The van der Waals surface area contributed by atoms with Crippen molar-refractivity contribution < 1.29 is 9.53 Å². The molecular formula is C18H28N2O2. The summed E-state index contributed by atoms with van der Waals surface area (Å²) < 4.78 is 5.80. The van der Waals surface area contributed by atoms with Crippen LogP contribution in [0.25, 0.3) is 0 Å². The molecule has 0 aromatic heterocycles. The van der Waals surface area contributed by atoms with Crippen molar-refractivity contribution in [3.8, 4) is 5.75 Å². The van der Waals surface area contributed by atoms with Crippen LogP contribution in [-0.2, 0) is 4.79 Å². The number of carbonyl (C=O) groups excluding carboxylic acids is 1. The summed E-state index contributed by atoms with van der Waals surface area (Å²) in [5, 5.41) is 6.39. The quantitative estimate of drug-likeness (QED) is 0.726. The molecule has 1 atom stereocenters. The topological polar surface area (TPSA) is 50.4 Å². The number of hydrogen-bond acceptors (Lipinski definition) is 3. The number of rotatable bonds is 8. The summed E-state index contributed by atoms with van der Waals surface area (Å²) in [6.07, 6.45) is 4.75. The van der Waals surface area contributed by atoms with Crippen LogP contribution in [0.1, 0.15) is 43.2 Å². The lowest BCUT2D eigenvalue weighted by molar-refractivity contribution is -0.121. The van der Waals surface area contributed by atoms with Gasteiger partial charge in [-0.05, 0) is 63.3 Å². The van der Waals surface area contributed by atoms with Crippen LogP contribution in [-0.4, -0.2) is 31.6 Å². The van der Waals surface area contributed by atoms with Crippen molar-refractivity contribution in [2.45, 2.75) is 52.0 Å². The van der Waals surface area contributed by atoms with Gasteiger partial charge in [-0.25, -0.2) is 0 Å². The molecule has 1 saturated heterocycles. The second-order valence-corrected chi connectivity index (χ2v) is 6.17. The Morgan fingerprint density at radius 3 is 3.00 bits per heavy atom. The predicted molar refractivity (Wildman–Crippen MR) is 89.3 cm³/mol. The van der Waals surface area contributed by atoms with E-state index in [0.29, 0.717) is 19.1 Å². The van der Waals surface area contributed by atoms with E-state index in [9.17, 15) is 4.79 Å². The van der Waals surface area contributed by atoms with E-state index in [0.717, 1.165) is 37.2 Å². The van der Waals surface area contributed by atoms with Crippen LogP contribution in [0.2, 0.25) is 0 Å². The molecule has 2 N–H and O–H groups in total. The van der Waals surface area contributed by atoms with Gasteiger partial charge in [0.1, 0.15) is 5.75 Å². The fourth-order valence-corrected chi connectivity index (χ4v) is 2.69. The van der Waals surface area contributed by atoms with Crippen LogP contribution in [0, 0.1) is 13.8 Å². The molecule has 2 rings (SSSR count). The summed E-state index contributed by atoms with van der Waals surface area (Å²) in [4.78, 5) is 11.8. The Morgan fingerprint density at radius 2 is 2.23 bits per heavy atom. The maximum Gasteiger partial charge on any atom is 0.220 e. The minimum atomic E-state index is 0.153. The minimum Gasteiger partial charge on any atom is -0.493 e. The zero-order valence-electron chi connectivity index (χ0n) is 13.8. The molecule has 0 saturated carbocycles. The summed E-state index contributed by atoms with van der Waals surface area (Å²) >= 11 is 0. The van der Waals surface area contributed by atoms with Gasteiger partial charge in [-0.3, -0.25) is 4.79 Å². The molecule has 1 heterocycles. The van der Waals surface area contributed by atoms with Crippen molar-refractivity contribution in [1.82, 2.24) is 10.6 Å². The molecule has 1 aliphatic rings. The number of carbonyl (C=O) groups is 1. The molecule has 1 aliphatic heterocycles. The summed E-state index contributed by atoms with van der Waals surface area (Å²) in [5.41, 5.74) is 2.37. The Bertz CT molecular complexity index is 482. The van der Waals surface area contributed by atoms with Crippen molar-refractivity contribution >= 4 is 5.91 Å². The minimum absolute atomic E-state index is 0.153. The SMILES string of the molecule is Cc1ccc(C)c(OCCCCC(=O)NCC2CCCN2)c1. The molecule has 1 aromatic carbocycles. The molecule has 1 aromatic rings. The summed E-state index contributed by atoms with van der Waals surface area (Å²) in [5.74, 6) is 1.11. The van der Waals surface area contributed by atoms with Gasteiger partial charge in [-0.1, -0.05) is 12.1 Å². The molecule has 0 bridgehead atoms. The van der Waals surface area contributed by atoms with Crippen LogP contribution < -0.4 is 15.4 Å². The maximum atomic E-state index is 11.8.